The van der Waals surface area contributed by atoms with Crippen LogP contribution >= 0.6 is 11.8 Å². The number of allylic oxidation sites excluding steroid dienone is 1. The number of alkyl halides is 6. The van der Waals surface area contributed by atoms with Crippen LogP contribution in [0, 0.1) is 0 Å². The van der Waals surface area contributed by atoms with E-state index in [4.69, 9.17) is 5.73 Å². The molecular weight excluding hydrogens is 277 g/mol. The summed E-state index contributed by atoms with van der Waals surface area (Å²) in [5, 5.41) is -0.765. The van der Waals surface area contributed by atoms with Crippen LogP contribution in [-0.2, 0) is 0 Å². The van der Waals surface area contributed by atoms with Gasteiger partial charge in [-0.3, -0.25) is 0 Å². The van der Waals surface area contributed by atoms with E-state index >= 15 is 0 Å². The van der Waals surface area contributed by atoms with Crippen LogP contribution < -0.4 is 5.73 Å². The fourth-order valence-corrected chi connectivity index (χ4v) is 2.08. The molecule has 0 saturated heterocycles. The van der Waals surface area contributed by atoms with E-state index in [0.29, 0.717) is 6.92 Å². The molecule has 1 unspecified atom stereocenters. The lowest BCUT2D eigenvalue weighted by Gasteiger charge is -2.25. The number of amidine groups is 1. The van der Waals surface area contributed by atoms with Crippen molar-refractivity contribution in [3.8, 4) is 0 Å². The summed E-state index contributed by atoms with van der Waals surface area (Å²) in [7, 11) is 0. The van der Waals surface area contributed by atoms with Gasteiger partial charge in [0.1, 0.15) is 0 Å². The van der Waals surface area contributed by atoms with Gasteiger partial charge in [0.05, 0.1) is 4.91 Å². The number of rotatable bonds is 0. The third-order valence-electron chi connectivity index (χ3n) is 1.98. The van der Waals surface area contributed by atoms with Crippen molar-refractivity contribution in [1.29, 1.82) is 0 Å². The van der Waals surface area contributed by atoms with E-state index in [1.807, 2.05) is 0 Å². The highest BCUT2D eigenvalue weighted by Crippen LogP contribution is 2.51. The highest BCUT2D eigenvalue weighted by atomic mass is 32.2. The molecule has 0 aromatic heterocycles. The Morgan fingerprint density at radius 2 is 1.71 bits per heavy atom. The van der Waals surface area contributed by atoms with Gasteiger partial charge >= 0.3 is 12.4 Å². The average Bonchev–Trinajstić information content (AvgIpc) is 2.38. The molecule has 0 aliphatic carbocycles. The minimum Gasteiger partial charge on any atom is -0.378 e. The molecule has 2 nitrogen and oxygen atoms in total. The van der Waals surface area contributed by atoms with Gasteiger partial charge < -0.3 is 5.73 Å². The normalized spacial score (nSPS) is 29.3. The molecule has 0 amide bonds. The first-order chi connectivity index (χ1) is 7.39. The minimum absolute atomic E-state index is 0.173. The molecule has 17 heavy (non-hydrogen) atoms. The summed E-state index contributed by atoms with van der Waals surface area (Å²) < 4.78 is 86.8. The topological polar surface area (TPSA) is 38.4 Å². The summed E-state index contributed by atoms with van der Waals surface area (Å²) in [6, 6.07) is 0. The molecule has 0 bridgehead atoms. The van der Waals surface area contributed by atoms with E-state index < -0.39 is 33.8 Å². The second-order valence-corrected chi connectivity index (χ2v) is 4.29. The molecule has 0 aromatic rings. The summed E-state index contributed by atoms with van der Waals surface area (Å²) in [4.78, 5) is 1.25. The average molecular weight is 282 g/mol. The lowest BCUT2D eigenvalue weighted by atomic mass is 10.0. The van der Waals surface area contributed by atoms with Crippen LogP contribution in [0.3, 0.4) is 0 Å². The second-order valence-electron chi connectivity index (χ2n) is 3.26. The van der Waals surface area contributed by atoms with Gasteiger partial charge in [-0.25, -0.2) is 9.38 Å². The molecule has 1 aliphatic rings. The van der Waals surface area contributed by atoms with E-state index in [1.54, 1.807) is 0 Å². The van der Waals surface area contributed by atoms with Gasteiger partial charge in [-0.2, -0.15) is 26.3 Å². The summed E-state index contributed by atoms with van der Waals surface area (Å²) in [6.07, 6.45) is -10.7. The Bertz CT molecular complexity index is 394. The van der Waals surface area contributed by atoms with Crippen molar-refractivity contribution >= 4 is 16.9 Å². The smallest absolute Gasteiger partial charge is 0.378 e. The number of nitrogens with zero attached hydrogens (tertiary/aromatic N) is 1. The molecule has 0 spiro atoms. The summed E-state index contributed by atoms with van der Waals surface area (Å²) in [6.45, 7) is 0.334. The van der Waals surface area contributed by atoms with Crippen molar-refractivity contribution in [2.45, 2.75) is 24.8 Å². The standard InChI is InChI=1S/C7H5F7N2S/c1-5(7(12,13)14)3(17-4(15)16-5)2(8)6(9,10)11/h1H3,(H2,15,16)/b3-2+. The third kappa shape index (κ3) is 2.35. The van der Waals surface area contributed by atoms with Gasteiger partial charge in [0.2, 0.25) is 5.83 Å². The van der Waals surface area contributed by atoms with Crippen LogP contribution in [-0.4, -0.2) is 23.1 Å². The molecule has 1 heterocycles. The van der Waals surface area contributed by atoms with Crippen LogP contribution in [0.4, 0.5) is 30.7 Å². The molecule has 1 aliphatic heterocycles. The zero-order valence-corrected chi connectivity index (χ0v) is 8.90. The number of thioether (sulfide) groups is 1. The van der Waals surface area contributed by atoms with Crippen LogP contribution in [0.25, 0.3) is 0 Å². The third-order valence-corrected chi connectivity index (χ3v) is 3.06. The molecule has 98 valence electrons. The number of hydrogen-bond donors (Lipinski definition) is 1. The van der Waals surface area contributed by atoms with Crippen molar-refractivity contribution in [3.05, 3.63) is 10.7 Å². The second kappa shape index (κ2) is 3.79. The van der Waals surface area contributed by atoms with Gasteiger partial charge in [0, 0.05) is 0 Å². The van der Waals surface area contributed by atoms with Crippen molar-refractivity contribution < 1.29 is 30.7 Å². The fraction of sp³-hybridized carbons (Fsp3) is 0.571. The largest absolute Gasteiger partial charge is 0.443 e. The number of halogens is 7. The molecule has 10 heteroatoms. The molecule has 0 saturated carbocycles. The van der Waals surface area contributed by atoms with Crippen molar-refractivity contribution in [2.24, 2.45) is 10.7 Å². The number of aliphatic imine (C=N–C) groups is 1. The number of nitrogens with two attached hydrogens (primary N) is 1. The van der Waals surface area contributed by atoms with Gasteiger partial charge in [0.25, 0.3) is 0 Å². The van der Waals surface area contributed by atoms with Gasteiger partial charge in [-0.05, 0) is 6.92 Å². The predicted molar refractivity (Wildman–Crippen MR) is 47.9 cm³/mol. The van der Waals surface area contributed by atoms with E-state index in [-0.39, 0.29) is 11.8 Å². The van der Waals surface area contributed by atoms with Crippen LogP contribution in [0.1, 0.15) is 6.92 Å². The van der Waals surface area contributed by atoms with Gasteiger partial charge in [-0.15, -0.1) is 0 Å². The maximum absolute atomic E-state index is 12.9. The zero-order chi connectivity index (χ0) is 13.6. The fourth-order valence-electron chi connectivity index (χ4n) is 1.08. The van der Waals surface area contributed by atoms with Gasteiger partial charge in [-0.1, -0.05) is 11.8 Å². The monoisotopic (exact) mass is 282 g/mol. The maximum atomic E-state index is 12.9. The quantitative estimate of drug-likeness (QED) is 0.693. The highest BCUT2D eigenvalue weighted by Gasteiger charge is 2.60. The van der Waals surface area contributed by atoms with Crippen molar-refractivity contribution in [1.82, 2.24) is 0 Å². The van der Waals surface area contributed by atoms with E-state index in [1.165, 1.54) is 0 Å². The minimum atomic E-state index is -5.50. The van der Waals surface area contributed by atoms with E-state index in [0.717, 1.165) is 0 Å². The summed E-state index contributed by atoms with van der Waals surface area (Å²) >= 11 is -0.173. The Balaban J connectivity index is 3.39. The molecule has 1 atom stereocenters. The van der Waals surface area contributed by atoms with Crippen molar-refractivity contribution in [2.75, 3.05) is 0 Å². The lowest BCUT2D eigenvalue weighted by Crippen LogP contribution is -2.41. The molecule has 1 rings (SSSR count). The predicted octanol–water partition coefficient (Wildman–Crippen LogP) is 3.11. The first kappa shape index (κ1) is 14.1. The Morgan fingerprint density at radius 3 is 2.06 bits per heavy atom. The molecule has 0 radical (unpaired) electrons. The van der Waals surface area contributed by atoms with Crippen LogP contribution in [0.15, 0.2) is 15.7 Å². The van der Waals surface area contributed by atoms with E-state index in [9.17, 15) is 30.7 Å². The molecule has 2 N–H and O–H groups in total. The Kier molecular flexibility index (Phi) is 3.15. The number of hydrogen-bond acceptors (Lipinski definition) is 3. The highest BCUT2D eigenvalue weighted by molar-refractivity contribution is 8.17. The SMILES string of the molecule is CC1(C(F)(F)F)N=C(N)S/C1=C(/F)C(F)(F)F. The Hall–Kier alpha value is -0.930. The lowest BCUT2D eigenvalue weighted by molar-refractivity contribution is -0.168. The molecule has 0 aromatic carbocycles. The van der Waals surface area contributed by atoms with Crippen LogP contribution in [0.2, 0.25) is 0 Å². The van der Waals surface area contributed by atoms with Crippen molar-refractivity contribution in [3.63, 3.8) is 0 Å². The van der Waals surface area contributed by atoms with Crippen LogP contribution in [0.5, 0.6) is 0 Å². The Morgan fingerprint density at radius 1 is 1.24 bits per heavy atom. The first-order valence-electron chi connectivity index (χ1n) is 3.97. The zero-order valence-electron chi connectivity index (χ0n) is 8.08. The first-order valence-corrected chi connectivity index (χ1v) is 4.78. The summed E-state index contributed by atoms with van der Waals surface area (Å²) in [5.41, 5.74) is 1.63. The molecular formula is C7H5F7N2S. The molecule has 0 fully saturated rings. The Labute approximate surface area is 94.8 Å². The van der Waals surface area contributed by atoms with Gasteiger partial charge in [0.15, 0.2) is 10.7 Å². The van der Waals surface area contributed by atoms with E-state index in [2.05, 4.69) is 4.99 Å². The summed E-state index contributed by atoms with van der Waals surface area (Å²) in [5.74, 6) is -2.83. The maximum Gasteiger partial charge on any atom is 0.443 e.